The van der Waals surface area contributed by atoms with E-state index in [-0.39, 0.29) is 5.82 Å². The largest absolute Gasteiger partial charge is 0.355 e. The molecule has 0 atom stereocenters. The van der Waals surface area contributed by atoms with E-state index in [1.165, 1.54) is 18.9 Å². The second-order valence-electron chi connectivity index (χ2n) is 6.80. The maximum absolute atomic E-state index is 13.7. The summed E-state index contributed by atoms with van der Waals surface area (Å²) in [7, 11) is 0. The van der Waals surface area contributed by atoms with Crippen molar-refractivity contribution in [1.82, 2.24) is 9.55 Å². The Morgan fingerprint density at radius 3 is 2.54 bits per heavy atom. The van der Waals surface area contributed by atoms with Crippen LogP contribution in [0.2, 0.25) is 5.02 Å². The minimum absolute atomic E-state index is 0.213. The fraction of sp³-hybridized carbons (Fsp3) is 0.286. The second-order valence-corrected chi connectivity index (χ2v) is 7.24. The van der Waals surface area contributed by atoms with Gasteiger partial charge in [-0.3, -0.25) is 0 Å². The standard InChI is InChI=1S/C21H21ClFN3/c1-15-4-7-18(23)12-16(15)13-20-24-21(25-10-2-3-11-25)14-26(20)19-8-5-17(22)6-9-19/h4-9,12,14H,2-3,10-11,13H2,1H3. The van der Waals surface area contributed by atoms with Crippen LogP contribution >= 0.6 is 11.6 Å². The highest BCUT2D eigenvalue weighted by molar-refractivity contribution is 6.30. The van der Waals surface area contributed by atoms with Gasteiger partial charge in [-0.05, 0) is 67.3 Å². The first-order chi connectivity index (χ1) is 12.6. The van der Waals surface area contributed by atoms with Gasteiger partial charge in [-0.1, -0.05) is 17.7 Å². The van der Waals surface area contributed by atoms with Crippen LogP contribution in [0.1, 0.15) is 29.8 Å². The number of hydrogen-bond acceptors (Lipinski definition) is 2. The Morgan fingerprint density at radius 2 is 1.81 bits per heavy atom. The number of aromatic nitrogens is 2. The van der Waals surface area contributed by atoms with Crippen LogP contribution in [-0.4, -0.2) is 22.6 Å². The summed E-state index contributed by atoms with van der Waals surface area (Å²) in [6.07, 6.45) is 5.07. The van der Waals surface area contributed by atoms with Crippen molar-refractivity contribution >= 4 is 17.4 Å². The third-order valence-electron chi connectivity index (χ3n) is 4.96. The minimum atomic E-state index is -0.213. The maximum atomic E-state index is 13.7. The Labute approximate surface area is 158 Å². The molecule has 0 N–H and O–H groups in total. The van der Waals surface area contributed by atoms with Gasteiger partial charge in [0.2, 0.25) is 0 Å². The zero-order valence-electron chi connectivity index (χ0n) is 14.8. The van der Waals surface area contributed by atoms with Gasteiger partial charge in [-0.15, -0.1) is 0 Å². The van der Waals surface area contributed by atoms with Crippen LogP contribution in [0.4, 0.5) is 10.2 Å². The van der Waals surface area contributed by atoms with E-state index in [9.17, 15) is 4.39 Å². The molecule has 1 fully saturated rings. The number of anilines is 1. The molecule has 0 aliphatic carbocycles. The van der Waals surface area contributed by atoms with E-state index < -0.39 is 0 Å². The van der Waals surface area contributed by atoms with Crippen LogP contribution in [0.5, 0.6) is 0 Å². The molecule has 1 saturated heterocycles. The van der Waals surface area contributed by atoms with Crippen LogP contribution in [-0.2, 0) is 6.42 Å². The summed E-state index contributed by atoms with van der Waals surface area (Å²) in [5, 5.41) is 0.705. The maximum Gasteiger partial charge on any atom is 0.147 e. The first kappa shape index (κ1) is 17.1. The molecule has 0 spiro atoms. The van der Waals surface area contributed by atoms with Crippen LogP contribution in [0.15, 0.2) is 48.7 Å². The van der Waals surface area contributed by atoms with Crippen molar-refractivity contribution < 1.29 is 4.39 Å². The molecule has 0 radical (unpaired) electrons. The Balaban J connectivity index is 1.75. The van der Waals surface area contributed by atoms with E-state index in [1.807, 2.05) is 37.3 Å². The number of halogens is 2. The van der Waals surface area contributed by atoms with Crippen LogP contribution < -0.4 is 4.90 Å². The number of aryl methyl sites for hydroxylation is 1. The fourth-order valence-electron chi connectivity index (χ4n) is 3.45. The fourth-order valence-corrected chi connectivity index (χ4v) is 3.58. The summed E-state index contributed by atoms with van der Waals surface area (Å²) in [5.41, 5.74) is 3.04. The van der Waals surface area contributed by atoms with Crippen LogP contribution in [0.3, 0.4) is 0 Å². The molecule has 2 aromatic carbocycles. The molecule has 0 bridgehead atoms. The van der Waals surface area contributed by atoms with Gasteiger partial charge in [0.05, 0.1) is 6.20 Å². The van der Waals surface area contributed by atoms with Crippen molar-refractivity contribution in [2.45, 2.75) is 26.2 Å². The Hall–Kier alpha value is -2.33. The highest BCUT2D eigenvalue weighted by Gasteiger charge is 2.19. The highest BCUT2D eigenvalue weighted by Crippen LogP contribution is 2.25. The van der Waals surface area contributed by atoms with Crippen molar-refractivity contribution in [3.63, 3.8) is 0 Å². The summed E-state index contributed by atoms with van der Waals surface area (Å²) in [6, 6.07) is 12.7. The summed E-state index contributed by atoms with van der Waals surface area (Å²) in [4.78, 5) is 7.20. The van der Waals surface area contributed by atoms with Crippen LogP contribution in [0.25, 0.3) is 5.69 Å². The molecule has 0 amide bonds. The zero-order chi connectivity index (χ0) is 18.1. The average Bonchev–Trinajstić information content (AvgIpc) is 3.29. The van der Waals surface area contributed by atoms with Gasteiger partial charge in [0.1, 0.15) is 17.5 Å². The minimum Gasteiger partial charge on any atom is -0.355 e. The third kappa shape index (κ3) is 3.47. The topological polar surface area (TPSA) is 21.1 Å². The van der Waals surface area contributed by atoms with E-state index in [4.69, 9.17) is 16.6 Å². The van der Waals surface area contributed by atoms with Crippen LogP contribution in [0, 0.1) is 12.7 Å². The number of rotatable bonds is 4. The van der Waals surface area contributed by atoms with E-state index >= 15 is 0 Å². The summed E-state index contributed by atoms with van der Waals surface area (Å²) in [5.74, 6) is 1.68. The quantitative estimate of drug-likeness (QED) is 0.633. The molecule has 3 nitrogen and oxygen atoms in total. The normalized spacial score (nSPS) is 14.2. The number of nitrogens with zero attached hydrogens (tertiary/aromatic N) is 3. The molecule has 3 aromatic rings. The summed E-state index contributed by atoms with van der Waals surface area (Å²) in [6.45, 7) is 4.08. The highest BCUT2D eigenvalue weighted by atomic mass is 35.5. The van der Waals surface area contributed by atoms with E-state index in [0.717, 1.165) is 41.5 Å². The predicted molar refractivity (Wildman–Crippen MR) is 104 cm³/mol. The molecule has 5 heteroatoms. The molecule has 1 aliphatic rings. The monoisotopic (exact) mass is 369 g/mol. The van der Waals surface area contributed by atoms with E-state index in [2.05, 4.69) is 15.7 Å². The lowest BCUT2D eigenvalue weighted by atomic mass is 10.1. The molecule has 2 heterocycles. The lowest BCUT2D eigenvalue weighted by Gasteiger charge is -2.12. The predicted octanol–water partition coefficient (Wildman–Crippen LogP) is 5.16. The molecule has 1 aliphatic heterocycles. The molecule has 0 saturated carbocycles. The Kier molecular flexibility index (Phi) is 4.68. The molecular weight excluding hydrogens is 349 g/mol. The molecule has 4 rings (SSSR count). The molecule has 1 aromatic heterocycles. The molecule has 26 heavy (non-hydrogen) atoms. The molecule has 134 valence electrons. The van der Waals surface area contributed by atoms with Gasteiger partial charge in [-0.25, -0.2) is 9.37 Å². The van der Waals surface area contributed by atoms with Gasteiger partial charge >= 0.3 is 0 Å². The molecule has 0 unspecified atom stereocenters. The Bertz CT molecular complexity index is 912. The first-order valence-corrected chi connectivity index (χ1v) is 9.32. The summed E-state index contributed by atoms with van der Waals surface area (Å²) < 4.78 is 15.8. The summed E-state index contributed by atoms with van der Waals surface area (Å²) >= 11 is 6.04. The molecular formula is C21H21ClFN3. The van der Waals surface area contributed by atoms with Gasteiger partial charge in [0.15, 0.2) is 0 Å². The third-order valence-corrected chi connectivity index (χ3v) is 5.21. The number of hydrogen-bond donors (Lipinski definition) is 0. The number of benzene rings is 2. The second kappa shape index (κ2) is 7.12. The lowest BCUT2D eigenvalue weighted by Crippen LogP contribution is -2.17. The van der Waals surface area contributed by atoms with Crippen molar-refractivity contribution in [2.75, 3.05) is 18.0 Å². The van der Waals surface area contributed by atoms with Gasteiger partial charge < -0.3 is 9.47 Å². The van der Waals surface area contributed by atoms with Crippen molar-refractivity contribution in [1.29, 1.82) is 0 Å². The zero-order valence-corrected chi connectivity index (χ0v) is 15.5. The Morgan fingerprint density at radius 1 is 1.08 bits per heavy atom. The lowest BCUT2D eigenvalue weighted by molar-refractivity contribution is 0.625. The van der Waals surface area contributed by atoms with Gasteiger partial charge in [-0.2, -0.15) is 0 Å². The average molecular weight is 370 g/mol. The van der Waals surface area contributed by atoms with Gasteiger partial charge in [0, 0.05) is 30.2 Å². The SMILES string of the molecule is Cc1ccc(F)cc1Cc1nc(N2CCCC2)cn1-c1ccc(Cl)cc1. The first-order valence-electron chi connectivity index (χ1n) is 8.94. The van der Waals surface area contributed by atoms with E-state index in [1.54, 1.807) is 6.07 Å². The van der Waals surface area contributed by atoms with Crippen molar-refractivity contribution in [2.24, 2.45) is 0 Å². The smallest absolute Gasteiger partial charge is 0.147 e. The van der Waals surface area contributed by atoms with Crippen molar-refractivity contribution in [3.8, 4) is 5.69 Å². The van der Waals surface area contributed by atoms with Crippen molar-refractivity contribution in [3.05, 3.63) is 76.5 Å². The number of imidazole rings is 1. The van der Waals surface area contributed by atoms with Gasteiger partial charge in [0.25, 0.3) is 0 Å². The van der Waals surface area contributed by atoms with E-state index in [0.29, 0.717) is 11.4 Å².